The molecule has 0 aromatic heterocycles. The maximum absolute atomic E-state index is 10.8. The fourth-order valence-electron chi connectivity index (χ4n) is 1.88. The predicted octanol–water partition coefficient (Wildman–Crippen LogP) is 1.90. The van der Waals surface area contributed by atoms with Gasteiger partial charge in [-0.1, -0.05) is 12.8 Å². The highest BCUT2D eigenvalue weighted by Gasteiger charge is 2.34. The molecule has 0 amide bonds. The Morgan fingerprint density at radius 2 is 1.92 bits per heavy atom. The molecule has 0 saturated heterocycles. The minimum Gasteiger partial charge on any atom is -0.378 e. The number of ether oxygens (including phenoxy) is 1. The topological polar surface area (TPSA) is 43.4 Å². The molecular formula is C8H15ClO3S. The largest absolute Gasteiger partial charge is 0.378 e. The fraction of sp³-hybridized carbons (Fsp3) is 1.00. The number of halogens is 1. The zero-order valence-electron chi connectivity index (χ0n) is 7.75. The number of rotatable bonds is 4. The van der Waals surface area contributed by atoms with Crippen LogP contribution in [0.2, 0.25) is 0 Å². The summed E-state index contributed by atoms with van der Waals surface area (Å²) in [4.78, 5) is 0. The van der Waals surface area contributed by atoms with Gasteiger partial charge in [0.1, 0.15) is 0 Å². The van der Waals surface area contributed by atoms with Gasteiger partial charge in [0.25, 0.3) is 0 Å². The zero-order valence-corrected chi connectivity index (χ0v) is 9.33. The van der Waals surface area contributed by atoms with Gasteiger partial charge < -0.3 is 4.74 Å². The number of hydrogen-bond donors (Lipinski definition) is 0. The Kier molecular flexibility index (Phi) is 3.60. The van der Waals surface area contributed by atoms with Crippen molar-refractivity contribution in [1.29, 1.82) is 0 Å². The maximum atomic E-state index is 10.8. The average Bonchev–Trinajstić information content (AvgIpc) is 2.49. The van der Waals surface area contributed by atoms with Crippen LogP contribution in [-0.4, -0.2) is 26.9 Å². The van der Waals surface area contributed by atoms with Crippen molar-refractivity contribution in [3.05, 3.63) is 0 Å². The molecule has 1 saturated carbocycles. The van der Waals surface area contributed by atoms with Crippen LogP contribution in [0.25, 0.3) is 0 Å². The smallest absolute Gasteiger partial charge is 0.232 e. The van der Waals surface area contributed by atoms with Gasteiger partial charge in [0.05, 0.1) is 11.4 Å². The molecule has 0 heterocycles. The van der Waals surface area contributed by atoms with Gasteiger partial charge in [0.2, 0.25) is 9.05 Å². The quantitative estimate of drug-likeness (QED) is 0.688. The van der Waals surface area contributed by atoms with Gasteiger partial charge in [-0.05, 0) is 19.3 Å². The van der Waals surface area contributed by atoms with Crippen LogP contribution in [0.15, 0.2) is 0 Å². The molecule has 78 valence electrons. The predicted molar refractivity (Wildman–Crippen MR) is 52.5 cm³/mol. The van der Waals surface area contributed by atoms with E-state index in [0.29, 0.717) is 6.42 Å². The van der Waals surface area contributed by atoms with Crippen molar-refractivity contribution in [2.24, 2.45) is 0 Å². The minimum atomic E-state index is -3.37. The summed E-state index contributed by atoms with van der Waals surface area (Å²) in [5.74, 6) is 0.0163. The van der Waals surface area contributed by atoms with E-state index >= 15 is 0 Å². The first-order chi connectivity index (χ1) is 5.97. The summed E-state index contributed by atoms with van der Waals surface area (Å²) in [6.45, 7) is 0. The molecule has 0 radical (unpaired) electrons. The van der Waals surface area contributed by atoms with Crippen LogP contribution in [-0.2, 0) is 13.8 Å². The molecule has 1 fully saturated rings. The molecule has 0 unspecified atom stereocenters. The van der Waals surface area contributed by atoms with E-state index in [1.165, 1.54) is 0 Å². The summed E-state index contributed by atoms with van der Waals surface area (Å²) in [6, 6.07) is 0. The summed E-state index contributed by atoms with van der Waals surface area (Å²) < 4.78 is 26.9. The third kappa shape index (κ3) is 3.44. The lowest BCUT2D eigenvalue weighted by Gasteiger charge is -2.26. The van der Waals surface area contributed by atoms with E-state index in [-0.39, 0.29) is 11.4 Å². The first kappa shape index (κ1) is 11.3. The van der Waals surface area contributed by atoms with E-state index in [1.54, 1.807) is 7.11 Å². The van der Waals surface area contributed by atoms with Crippen LogP contribution in [0.3, 0.4) is 0 Å². The van der Waals surface area contributed by atoms with Crippen LogP contribution in [0, 0.1) is 0 Å². The highest BCUT2D eigenvalue weighted by Crippen LogP contribution is 2.35. The van der Waals surface area contributed by atoms with Gasteiger partial charge in [-0.25, -0.2) is 8.42 Å². The Bertz CT molecular complexity index is 255. The minimum absolute atomic E-state index is 0.0163. The van der Waals surface area contributed by atoms with Gasteiger partial charge in [0, 0.05) is 17.8 Å². The Hall–Kier alpha value is 0.200. The summed E-state index contributed by atoms with van der Waals surface area (Å²) in [7, 11) is 3.42. The number of methoxy groups -OCH3 is 1. The van der Waals surface area contributed by atoms with E-state index < -0.39 is 9.05 Å². The molecule has 0 spiro atoms. The van der Waals surface area contributed by atoms with E-state index in [1.807, 2.05) is 0 Å². The molecule has 1 aliphatic carbocycles. The van der Waals surface area contributed by atoms with E-state index in [9.17, 15) is 8.42 Å². The van der Waals surface area contributed by atoms with E-state index in [0.717, 1.165) is 25.7 Å². The molecule has 1 rings (SSSR count). The van der Waals surface area contributed by atoms with Crippen molar-refractivity contribution < 1.29 is 13.2 Å². The lowest BCUT2D eigenvalue weighted by atomic mass is 9.99. The fourth-order valence-corrected chi connectivity index (χ4v) is 2.73. The van der Waals surface area contributed by atoms with Crippen molar-refractivity contribution in [2.45, 2.75) is 37.7 Å². The highest BCUT2D eigenvalue weighted by atomic mass is 35.7. The molecule has 0 aliphatic heterocycles. The molecule has 0 bridgehead atoms. The molecule has 0 atom stereocenters. The van der Waals surface area contributed by atoms with E-state index in [4.69, 9.17) is 15.4 Å². The molecule has 13 heavy (non-hydrogen) atoms. The second-order valence-corrected chi connectivity index (χ2v) is 6.48. The van der Waals surface area contributed by atoms with Crippen LogP contribution >= 0.6 is 10.7 Å². The Labute approximate surface area is 83.8 Å². The lowest BCUT2D eigenvalue weighted by Crippen LogP contribution is -2.29. The van der Waals surface area contributed by atoms with E-state index in [2.05, 4.69) is 0 Å². The van der Waals surface area contributed by atoms with Crippen LogP contribution in [0.1, 0.15) is 32.1 Å². The van der Waals surface area contributed by atoms with Crippen molar-refractivity contribution >= 4 is 19.7 Å². The monoisotopic (exact) mass is 226 g/mol. The van der Waals surface area contributed by atoms with Crippen molar-refractivity contribution in [3.63, 3.8) is 0 Å². The molecule has 1 aliphatic rings. The molecule has 3 nitrogen and oxygen atoms in total. The van der Waals surface area contributed by atoms with Crippen LogP contribution in [0.5, 0.6) is 0 Å². The third-order valence-electron chi connectivity index (χ3n) is 2.75. The van der Waals surface area contributed by atoms with Crippen LogP contribution in [0.4, 0.5) is 0 Å². The van der Waals surface area contributed by atoms with Crippen molar-refractivity contribution in [3.8, 4) is 0 Å². The summed E-state index contributed by atoms with van der Waals surface area (Å²) in [6.07, 6.45) is 4.67. The Morgan fingerprint density at radius 3 is 2.31 bits per heavy atom. The molecular weight excluding hydrogens is 212 g/mol. The summed E-state index contributed by atoms with van der Waals surface area (Å²) in [5, 5.41) is 0. The zero-order chi connectivity index (χ0) is 9.95. The SMILES string of the molecule is COC1(CCS(=O)(=O)Cl)CCCC1. The summed E-state index contributed by atoms with van der Waals surface area (Å²) >= 11 is 0. The lowest BCUT2D eigenvalue weighted by molar-refractivity contribution is -0.00650. The summed E-state index contributed by atoms with van der Waals surface area (Å²) in [5.41, 5.74) is -0.220. The first-order valence-corrected chi connectivity index (χ1v) is 6.93. The second kappa shape index (κ2) is 4.15. The average molecular weight is 227 g/mol. The van der Waals surface area contributed by atoms with Crippen molar-refractivity contribution in [1.82, 2.24) is 0 Å². The van der Waals surface area contributed by atoms with Crippen LogP contribution < -0.4 is 0 Å². The Balaban J connectivity index is 2.50. The first-order valence-electron chi connectivity index (χ1n) is 4.45. The van der Waals surface area contributed by atoms with Gasteiger partial charge in [-0.15, -0.1) is 0 Å². The Morgan fingerprint density at radius 1 is 1.38 bits per heavy atom. The highest BCUT2D eigenvalue weighted by molar-refractivity contribution is 8.13. The molecule has 0 aromatic carbocycles. The molecule has 0 aromatic rings. The normalized spacial score (nSPS) is 22.0. The van der Waals surface area contributed by atoms with Crippen molar-refractivity contribution in [2.75, 3.05) is 12.9 Å². The molecule has 0 N–H and O–H groups in total. The maximum Gasteiger partial charge on any atom is 0.232 e. The van der Waals surface area contributed by atoms with Gasteiger partial charge in [0.15, 0.2) is 0 Å². The molecule has 5 heteroatoms. The van der Waals surface area contributed by atoms with Gasteiger partial charge in [-0.2, -0.15) is 0 Å². The van der Waals surface area contributed by atoms with Gasteiger partial charge in [-0.3, -0.25) is 0 Å². The van der Waals surface area contributed by atoms with Gasteiger partial charge >= 0.3 is 0 Å². The number of hydrogen-bond acceptors (Lipinski definition) is 3. The third-order valence-corrected chi connectivity index (χ3v) is 3.90. The standard InChI is InChI=1S/C8H15ClO3S/c1-12-8(4-2-3-5-8)6-7-13(9,10)11/h2-7H2,1H3. The second-order valence-electron chi connectivity index (χ2n) is 3.59.